The molecule has 0 radical (unpaired) electrons. The van der Waals surface area contributed by atoms with Crippen LogP contribution in [0.3, 0.4) is 0 Å². The third kappa shape index (κ3) is 11.7. The molecule has 2 N–H and O–H groups in total. The summed E-state index contributed by atoms with van der Waals surface area (Å²) in [6.45, 7) is 17.6. The third-order valence-electron chi connectivity index (χ3n) is 13.5. The first kappa shape index (κ1) is 59.3. The number of carbonyl (C=O) groups excluding carboxylic acids is 5. The van der Waals surface area contributed by atoms with Crippen molar-refractivity contribution in [2.45, 2.75) is 104 Å². The van der Waals surface area contributed by atoms with E-state index in [9.17, 15) is 24.0 Å². The fourth-order valence-corrected chi connectivity index (χ4v) is 10.9. The van der Waals surface area contributed by atoms with Crippen LogP contribution < -0.4 is 10.7 Å². The number of nitrogens with one attached hydrogen (secondary N) is 2. The fourth-order valence-electron chi connectivity index (χ4n) is 10.0. The van der Waals surface area contributed by atoms with Crippen molar-refractivity contribution in [2.24, 2.45) is 11.3 Å². The number of urea groups is 1. The number of likely N-dealkylation sites (N-methyl/N-ethyl adjacent to an activating group) is 1. The number of hydrogen-bond acceptors (Lipinski definition) is 12. The molecule has 3 aromatic heterocycles. The van der Waals surface area contributed by atoms with Crippen molar-refractivity contribution in [3.8, 4) is 22.5 Å². The van der Waals surface area contributed by atoms with Crippen LogP contribution in [0.15, 0.2) is 54.6 Å². The normalized spacial score (nSPS) is 20.2. The summed E-state index contributed by atoms with van der Waals surface area (Å²) in [5.74, 6) is -2.03. The number of hydrazine groups is 1. The van der Waals surface area contributed by atoms with E-state index in [4.69, 9.17) is 24.2 Å². The number of esters is 1. The molecule has 7 heterocycles. The van der Waals surface area contributed by atoms with E-state index in [1.807, 2.05) is 32.2 Å². The van der Waals surface area contributed by atoms with Crippen molar-refractivity contribution in [3.63, 3.8) is 0 Å². The van der Waals surface area contributed by atoms with Crippen molar-refractivity contribution in [2.75, 3.05) is 53.6 Å². The number of nitrogens with zero attached hydrogens (tertiary/aromatic N) is 7. The van der Waals surface area contributed by atoms with Gasteiger partial charge in [0, 0.05) is 79.2 Å². The number of hydrogen-bond donors (Lipinski definition) is 2. The Hall–Kier alpha value is -4.29. The summed E-state index contributed by atoms with van der Waals surface area (Å²) in [7, 11) is 3.25. The minimum atomic E-state index is -1.11. The zero-order chi connectivity index (χ0) is 47.9. The lowest BCUT2D eigenvalue weighted by Gasteiger charge is -2.51. The number of benzene rings is 1. The van der Waals surface area contributed by atoms with Crippen LogP contribution in [0.4, 0.5) is 4.79 Å². The van der Waals surface area contributed by atoms with Gasteiger partial charge in [-0.15, -0.1) is 11.3 Å². The van der Waals surface area contributed by atoms with Gasteiger partial charge in [-0.05, 0) is 74.9 Å². The number of cyclic esters (lactones) is 1. The van der Waals surface area contributed by atoms with Crippen molar-refractivity contribution in [1.29, 1.82) is 0 Å². The molecule has 8 rings (SSSR count). The van der Waals surface area contributed by atoms with Gasteiger partial charge in [-0.1, -0.05) is 40.3 Å². The summed E-state index contributed by atoms with van der Waals surface area (Å²) < 4.78 is 20.3. The van der Waals surface area contributed by atoms with Gasteiger partial charge in [0.15, 0.2) is 5.72 Å². The molecule has 390 valence electrons. The van der Waals surface area contributed by atoms with Crippen molar-refractivity contribution in [3.05, 3.63) is 70.8 Å². The van der Waals surface area contributed by atoms with Gasteiger partial charge in [-0.2, -0.15) is 54.0 Å². The van der Waals surface area contributed by atoms with Crippen LogP contribution in [0.25, 0.3) is 33.4 Å². The summed E-state index contributed by atoms with van der Waals surface area (Å²) >= 11 is 1.40. The molecule has 4 atom stereocenters. The van der Waals surface area contributed by atoms with Gasteiger partial charge in [0.1, 0.15) is 18.1 Å². The highest BCUT2D eigenvalue weighted by Gasteiger charge is 2.56. The molecule has 1 spiro atoms. The highest BCUT2D eigenvalue weighted by Crippen LogP contribution is 2.42. The molecule has 4 aromatic rings. The van der Waals surface area contributed by atoms with E-state index < -0.39 is 53.1 Å². The van der Waals surface area contributed by atoms with Gasteiger partial charge in [-0.25, -0.2) is 15.2 Å². The first-order valence-corrected chi connectivity index (χ1v) is 24.1. The molecule has 6 bridgehead atoms. The Morgan fingerprint density at radius 3 is 2.51 bits per heavy atom. The number of pyridine rings is 1. The van der Waals surface area contributed by atoms with Crippen LogP contribution in [0, 0.1) is 11.3 Å². The molecule has 1 aromatic carbocycles. The maximum atomic E-state index is 14.7. The summed E-state index contributed by atoms with van der Waals surface area (Å²) in [5.41, 5.74) is 8.21. The standard InChI is InChI=1S/C49H63N9O8S.4H2S/c1-10-40(59)55-26-49(27-55)57(20-21-66-49)47(63)54(8)42(29(3)4)44(60)52-36-23-39-51-37(25-67-39)31-16-17-38-33(22-31)34(43(56(38)11-2)32-14-12-18-50-41(32)30(5)64-9)24-48(6,7)28-65-46(62)35-15-13-19-58(53-35)45(36)61;;;;/h10,12,14,16-18,22,25,29-30,35-36,42,53H,1,11,13,15,19-21,23-24,26-28H2,2-9H3,(H,52,60);4*1H2/t30-,35-,36-,42-;;;;/m0..../s1. The van der Waals surface area contributed by atoms with E-state index in [1.54, 1.807) is 30.2 Å². The van der Waals surface area contributed by atoms with Crippen LogP contribution >= 0.6 is 65.3 Å². The smallest absolute Gasteiger partial charge is 0.324 e. The minimum absolute atomic E-state index is 0. The molecule has 3 fully saturated rings. The summed E-state index contributed by atoms with van der Waals surface area (Å²) in [6, 6.07) is 7.07. The van der Waals surface area contributed by atoms with Gasteiger partial charge in [-0.3, -0.25) is 34.1 Å². The first-order chi connectivity index (χ1) is 32.0. The van der Waals surface area contributed by atoms with E-state index in [1.165, 1.54) is 27.3 Å². The van der Waals surface area contributed by atoms with Crippen LogP contribution in [0.2, 0.25) is 0 Å². The van der Waals surface area contributed by atoms with Gasteiger partial charge in [0.2, 0.25) is 11.8 Å². The average molecular weight is 1070 g/mol. The molecule has 3 saturated heterocycles. The van der Waals surface area contributed by atoms with Crippen LogP contribution in [0.1, 0.15) is 76.8 Å². The Morgan fingerprint density at radius 2 is 1.83 bits per heavy atom. The molecule has 4 aliphatic rings. The lowest BCUT2D eigenvalue weighted by Crippen LogP contribution is -2.72. The van der Waals surface area contributed by atoms with Gasteiger partial charge in [0.05, 0.1) is 54.5 Å². The van der Waals surface area contributed by atoms with Gasteiger partial charge in [0.25, 0.3) is 5.91 Å². The topological polar surface area (TPSA) is 181 Å². The van der Waals surface area contributed by atoms with E-state index in [0.717, 1.165) is 44.7 Å². The van der Waals surface area contributed by atoms with E-state index >= 15 is 0 Å². The Labute approximate surface area is 448 Å². The zero-order valence-electron chi connectivity index (χ0n) is 41.8. The van der Waals surface area contributed by atoms with Crippen LogP contribution in [-0.2, 0) is 52.8 Å². The minimum Gasteiger partial charge on any atom is -0.464 e. The predicted molar refractivity (Wildman–Crippen MR) is 295 cm³/mol. The number of ether oxygens (including phenoxy) is 3. The Balaban J connectivity index is 0.00000274. The number of fused-ring (bicyclic) bond motifs is 6. The largest absolute Gasteiger partial charge is 0.464 e. The van der Waals surface area contributed by atoms with Crippen LogP contribution in [-0.4, -0.2) is 141 Å². The number of carbonyl (C=O) groups is 5. The molecule has 71 heavy (non-hydrogen) atoms. The lowest BCUT2D eigenvalue weighted by molar-refractivity contribution is -0.178. The number of aromatic nitrogens is 3. The number of amides is 5. The summed E-state index contributed by atoms with van der Waals surface area (Å²) in [5, 5.41) is 8.06. The molecule has 5 amide bonds. The Morgan fingerprint density at radius 1 is 1.10 bits per heavy atom. The highest BCUT2D eigenvalue weighted by atomic mass is 32.1. The molecular weight excluding hydrogens is 1000 g/mol. The number of rotatable bonds is 9. The molecule has 0 aliphatic carbocycles. The highest BCUT2D eigenvalue weighted by molar-refractivity contribution is 7.59. The molecule has 17 nitrogen and oxygen atoms in total. The van der Waals surface area contributed by atoms with E-state index in [0.29, 0.717) is 43.9 Å². The molecule has 0 saturated carbocycles. The molecular formula is C49H71N9O8S5. The molecule has 0 unspecified atom stereocenters. The number of thiazole rings is 1. The second-order valence-electron chi connectivity index (χ2n) is 19.2. The summed E-state index contributed by atoms with van der Waals surface area (Å²) in [6.07, 6.45) is 4.36. The Bertz CT molecular complexity index is 2580. The van der Waals surface area contributed by atoms with Crippen molar-refractivity contribution in [1.82, 2.24) is 45.0 Å². The van der Waals surface area contributed by atoms with Crippen molar-refractivity contribution < 1.29 is 38.2 Å². The Kier molecular flexibility index (Phi) is 20.2. The average Bonchev–Trinajstić information content (AvgIpc) is 4.05. The molecule has 22 heteroatoms. The lowest BCUT2D eigenvalue weighted by atomic mass is 9.84. The fraction of sp³-hybridized carbons (Fsp3) is 0.531. The second kappa shape index (κ2) is 24.2. The quantitative estimate of drug-likeness (QED) is 0.153. The van der Waals surface area contributed by atoms with Crippen molar-refractivity contribution >= 4 is 106 Å². The molecule has 4 aliphatic heterocycles. The van der Waals surface area contributed by atoms with Gasteiger partial charge < -0.3 is 33.9 Å². The number of methoxy groups -OCH3 is 1. The maximum Gasteiger partial charge on any atom is 0.324 e. The number of likely N-dealkylation sites (tertiary alicyclic amines) is 1. The van der Waals surface area contributed by atoms with E-state index in [-0.39, 0.29) is 105 Å². The van der Waals surface area contributed by atoms with Gasteiger partial charge >= 0.3 is 12.0 Å². The zero-order valence-corrected chi connectivity index (χ0v) is 46.6. The predicted octanol–water partition coefficient (Wildman–Crippen LogP) is 5.79. The third-order valence-corrected chi connectivity index (χ3v) is 14.4. The summed E-state index contributed by atoms with van der Waals surface area (Å²) in [4.78, 5) is 84.1. The van der Waals surface area contributed by atoms with E-state index in [2.05, 4.69) is 66.9 Å². The monoisotopic (exact) mass is 1070 g/mol. The van der Waals surface area contributed by atoms with Crippen LogP contribution in [0.5, 0.6) is 0 Å². The SMILES string of the molecule is C=CC(=O)N1CC2(C1)OCCN2C(=O)N(C)[C@H](C(=O)N[C@H]1Cc2nc(cs2)-c2ccc3c(c2)c(c(-c2cccnc2[C@H](C)OC)n3CC)CC(C)(C)COC(=O)[C@@H]2CCCN(N2)C1=O)C(C)C.S.S.S.S. The maximum absolute atomic E-state index is 14.7. The first-order valence-electron chi connectivity index (χ1n) is 23.2. The number of aryl methyl sites for hydroxylation is 1. The second-order valence-corrected chi connectivity index (χ2v) is 20.1.